The van der Waals surface area contributed by atoms with Crippen molar-refractivity contribution in [2.75, 3.05) is 13.2 Å². The van der Waals surface area contributed by atoms with Crippen LogP contribution >= 0.6 is 23.2 Å². The molecule has 0 aromatic carbocycles. The molecule has 0 bridgehead atoms. The monoisotopic (exact) mass is 211 g/mol. The van der Waals surface area contributed by atoms with Gasteiger partial charge in [-0.3, -0.25) is 0 Å². The van der Waals surface area contributed by atoms with E-state index in [1.165, 1.54) is 6.33 Å². The Labute approximate surface area is 79.0 Å². The summed E-state index contributed by atoms with van der Waals surface area (Å²) < 4.78 is 0. The van der Waals surface area contributed by atoms with Gasteiger partial charge in [0.1, 0.15) is 6.33 Å². The van der Waals surface area contributed by atoms with Crippen molar-refractivity contribution >= 4 is 23.2 Å². The summed E-state index contributed by atoms with van der Waals surface area (Å²) in [5.74, 6) is 0. The van der Waals surface area contributed by atoms with E-state index in [1.807, 2.05) is 0 Å². The molecule has 68 valence electrons. The van der Waals surface area contributed by atoms with Crippen molar-refractivity contribution in [3.05, 3.63) is 16.9 Å². The summed E-state index contributed by atoms with van der Waals surface area (Å²) in [6, 6.07) is 0. The lowest BCUT2D eigenvalue weighted by molar-refractivity contribution is 0.186. The number of halogens is 2. The summed E-state index contributed by atoms with van der Waals surface area (Å²) in [5.41, 5.74) is 0. The Hall–Kier alpha value is -0.490. The van der Waals surface area contributed by atoms with E-state index in [0.29, 0.717) is 0 Å². The summed E-state index contributed by atoms with van der Waals surface area (Å²) in [6.45, 7) is -0.250. The molecule has 0 saturated heterocycles. The van der Waals surface area contributed by atoms with Crippen LogP contribution < -0.4 is 0 Å². The van der Waals surface area contributed by atoms with Crippen molar-refractivity contribution < 1.29 is 10.2 Å². The van der Waals surface area contributed by atoms with Gasteiger partial charge in [-0.25, -0.2) is 9.97 Å². The molecule has 0 atom stereocenters. The molecule has 1 aromatic heterocycles. The molecule has 0 amide bonds. The second kappa shape index (κ2) is 7.17. The molecule has 0 fully saturated rings. The third kappa shape index (κ3) is 6.23. The minimum Gasteiger partial charge on any atom is -0.394 e. The average molecular weight is 212 g/mol. The number of hydrogen-bond acceptors (Lipinski definition) is 5. The highest BCUT2D eigenvalue weighted by atomic mass is 35.5. The lowest BCUT2D eigenvalue weighted by atomic mass is 10.8. The Morgan fingerprint density at radius 3 is 1.67 bits per heavy atom. The topological polar surface area (TPSA) is 79.1 Å². The fraction of sp³-hybridized carbons (Fsp3) is 0.400. The summed E-state index contributed by atoms with van der Waals surface area (Å²) in [5, 5.41) is 15.5. The van der Waals surface area contributed by atoms with E-state index < -0.39 is 0 Å². The fourth-order valence-corrected chi connectivity index (χ4v) is 0.549. The normalized spacial score (nSPS) is 8.67. The Kier molecular flexibility index (Phi) is 6.88. The molecular weight excluding hydrogens is 205 g/mol. The summed E-state index contributed by atoms with van der Waals surface area (Å²) in [7, 11) is 0. The van der Waals surface area contributed by atoms with E-state index in [4.69, 9.17) is 33.4 Å². The first-order chi connectivity index (χ1) is 5.70. The summed E-state index contributed by atoms with van der Waals surface area (Å²) in [6.07, 6.45) is 1.25. The maximum Gasteiger partial charge on any atom is 0.226 e. The highest BCUT2D eigenvalue weighted by Crippen LogP contribution is 2.00. The first-order valence-corrected chi connectivity index (χ1v) is 3.68. The van der Waals surface area contributed by atoms with Crippen LogP contribution in [0, 0.1) is 0 Å². The van der Waals surface area contributed by atoms with E-state index in [1.54, 1.807) is 0 Å². The van der Waals surface area contributed by atoms with Crippen molar-refractivity contribution in [1.82, 2.24) is 15.0 Å². The predicted molar refractivity (Wildman–Crippen MR) is 44.0 cm³/mol. The number of aliphatic hydroxyl groups excluding tert-OH is 2. The lowest BCUT2D eigenvalue weighted by Gasteiger charge is -1.84. The van der Waals surface area contributed by atoms with Gasteiger partial charge in [0.25, 0.3) is 0 Å². The third-order valence-corrected chi connectivity index (χ3v) is 0.977. The van der Waals surface area contributed by atoms with Crippen LogP contribution in [0.1, 0.15) is 0 Å². The molecule has 0 aliphatic carbocycles. The van der Waals surface area contributed by atoms with Crippen molar-refractivity contribution in [3.8, 4) is 0 Å². The largest absolute Gasteiger partial charge is 0.394 e. The van der Waals surface area contributed by atoms with Gasteiger partial charge in [0, 0.05) is 0 Å². The predicted octanol–water partition coefficient (Wildman–Crippen LogP) is 0.149. The van der Waals surface area contributed by atoms with Crippen LogP contribution in [0.4, 0.5) is 0 Å². The molecule has 1 aromatic rings. The molecule has 0 saturated carbocycles. The van der Waals surface area contributed by atoms with E-state index >= 15 is 0 Å². The molecule has 0 aliphatic heterocycles. The summed E-state index contributed by atoms with van der Waals surface area (Å²) in [4.78, 5) is 10.5. The maximum atomic E-state index is 7.62. The lowest BCUT2D eigenvalue weighted by Crippen LogP contribution is -1.85. The van der Waals surface area contributed by atoms with Crippen LogP contribution in [-0.2, 0) is 0 Å². The molecule has 2 N–H and O–H groups in total. The fourth-order valence-electron chi connectivity index (χ4n) is 0.258. The zero-order chi connectivity index (χ0) is 9.40. The van der Waals surface area contributed by atoms with Gasteiger partial charge >= 0.3 is 0 Å². The van der Waals surface area contributed by atoms with Gasteiger partial charge in [0.2, 0.25) is 10.6 Å². The maximum absolute atomic E-state index is 7.62. The number of rotatable bonds is 1. The SMILES string of the molecule is Clc1ncnc(Cl)n1.OCCO. The van der Waals surface area contributed by atoms with E-state index in [0.717, 1.165) is 0 Å². The minimum atomic E-state index is -0.125. The first kappa shape index (κ1) is 11.5. The first-order valence-electron chi connectivity index (χ1n) is 2.92. The molecule has 0 spiro atoms. The van der Waals surface area contributed by atoms with Crippen molar-refractivity contribution in [3.63, 3.8) is 0 Å². The second-order valence-electron chi connectivity index (χ2n) is 1.47. The van der Waals surface area contributed by atoms with Crippen molar-refractivity contribution in [2.24, 2.45) is 0 Å². The molecule has 0 radical (unpaired) electrons. The van der Waals surface area contributed by atoms with E-state index in [9.17, 15) is 0 Å². The number of hydrogen-bond donors (Lipinski definition) is 2. The van der Waals surface area contributed by atoms with Crippen molar-refractivity contribution in [1.29, 1.82) is 0 Å². The van der Waals surface area contributed by atoms with Gasteiger partial charge in [-0.1, -0.05) is 0 Å². The molecular formula is C5H7Cl2N3O2. The third-order valence-electron chi connectivity index (χ3n) is 0.613. The van der Waals surface area contributed by atoms with Gasteiger partial charge in [-0.2, -0.15) is 4.98 Å². The van der Waals surface area contributed by atoms with Gasteiger partial charge in [-0.15, -0.1) is 0 Å². The molecule has 1 rings (SSSR count). The van der Waals surface area contributed by atoms with Crippen LogP contribution in [0.15, 0.2) is 6.33 Å². The van der Waals surface area contributed by atoms with Crippen LogP contribution in [0.25, 0.3) is 0 Å². The standard InChI is InChI=1S/C3HCl2N3.C2H6O2/c4-2-6-1-7-3(5)8-2;3-1-2-4/h1H;3-4H,1-2H2. The Morgan fingerprint density at radius 2 is 1.50 bits per heavy atom. The van der Waals surface area contributed by atoms with Gasteiger partial charge in [0.05, 0.1) is 13.2 Å². The number of nitrogens with zero attached hydrogens (tertiary/aromatic N) is 3. The van der Waals surface area contributed by atoms with Crippen LogP contribution in [0.2, 0.25) is 10.6 Å². The number of aromatic nitrogens is 3. The molecule has 1 heterocycles. The van der Waals surface area contributed by atoms with Gasteiger partial charge in [-0.05, 0) is 23.2 Å². The summed E-state index contributed by atoms with van der Waals surface area (Å²) >= 11 is 10.6. The van der Waals surface area contributed by atoms with Crippen molar-refractivity contribution in [2.45, 2.75) is 0 Å². The molecule has 12 heavy (non-hydrogen) atoms. The minimum absolute atomic E-state index is 0.116. The zero-order valence-corrected chi connectivity index (χ0v) is 7.50. The Bertz CT molecular complexity index is 204. The van der Waals surface area contributed by atoms with Crippen LogP contribution in [0.5, 0.6) is 0 Å². The van der Waals surface area contributed by atoms with Crippen LogP contribution in [-0.4, -0.2) is 38.4 Å². The number of aliphatic hydroxyl groups is 2. The Morgan fingerprint density at radius 1 is 1.08 bits per heavy atom. The molecule has 7 heteroatoms. The second-order valence-corrected chi connectivity index (χ2v) is 2.15. The molecule has 5 nitrogen and oxygen atoms in total. The smallest absolute Gasteiger partial charge is 0.226 e. The zero-order valence-electron chi connectivity index (χ0n) is 5.98. The van der Waals surface area contributed by atoms with Gasteiger partial charge < -0.3 is 10.2 Å². The molecule has 0 aliphatic rings. The Balaban J connectivity index is 0.000000261. The quantitative estimate of drug-likeness (QED) is 0.692. The van der Waals surface area contributed by atoms with Crippen LogP contribution in [0.3, 0.4) is 0 Å². The highest BCUT2D eigenvalue weighted by Gasteiger charge is 1.89. The average Bonchev–Trinajstić information content (AvgIpc) is 2.04. The molecule has 0 unspecified atom stereocenters. The van der Waals surface area contributed by atoms with E-state index in [2.05, 4.69) is 15.0 Å². The van der Waals surface area contributed by atoms with Gasteiger partial charge in [0.15, 0.2) is 0 Å². The van der Waals surface area contributed by atoms with E-state index in [-0.39, 0.29) is 23.8 Å². The highest BCUT2D eigenvalue weighted by molar-refractivity contribution is 6.30.